The molecule has 1 atom stereocenters. The topological polar surface area (TPSA) is 64.6 Å². The maximum atomic E-state index is 10.8. The molecule has 0 saturated heterocycles. The Bertz CT molecular complexity index is 202. The maximum absolute atomic E-state index is 10.8. The zero-order valence-corrected chi connectivity index (χ0v) is 7.70. The Labute approximate surface area is 76.7 Å². The van der Waals surface area contributed by atoms with Gasteiger partial charge >= 0.3 is 12.1 Å². The zero-order chi connectivity index (χ0) is 10.3. The quantitative estimate of drug-likeness (QED) is 0.402. The fourth-order valence-corrected chi connectivity index (χ4v) is 0.591. The highest BCUT2D eigenvalue weighted by Crippen LogP contribution is 1.89. The first kappa shape index (κ1) is 11.5. The highest BCUT2D eigenvalue weighted by molar-refractivity contribution is 5.81. The molecule has 0 heterocycles. The third-order valence-electron chi connectivity index (χ3n) is 1.06. The van der Waals surface area contributed by atoms with Crippen molar-refractivity contribution in [3.63, 3.8) is 0 Å². The van der Waals surface area contributed by atoms with Crippen LogP contribution < -0.4 is 5.32 Å². The van der Waals surface area contributed by atoms with Crippen LogP contribution in [0.25, 0.3) is 0 Å². The van der Waals surface area contributed by atoms with Crippen LogP contribution in [0.15, 0.2) is 12.7 Å². The number of nitrogens with one attached hydrogen (secondary N) is 1. The van der Waals surface area contributed by atoms with E-state index in [0.717, 1.165) is 6.08 Å². The molecule has 74 valence electrons. The molecule has 0 fully saturated rings. The van der Waals surface area contributed by atoms with Crippen molar-refractivity contribution in [1.82, 2.24) is 5.32 Å². The molecule has 0 aliphatic heterocycles. The number of esters is 1. The van der Waals surface area contributed by atoms with Gasteiger partial charge in [0.25, 0.3) is 0 Å². The van der Waals surface area contributed by atoms with Crippen LogP contribution in [0.3, 0.4) is 0 Å². The van der Waals surface area contributed by atoms with Gasteiger partial charge in [0, 0.05) is 6.08 Å². The zero-order valence-electron chi connectivity index (χ0n) is 7.70. The van der Waals surface area contributed by atoms with Gasteiger partial charge in [0.05, 0.1) is 6.61 Å². The van der Waals surface area contributed by atoms with Crippen LogP contribution in [0, 0.1) is 0 Å². The molecule has 1 N–H and O–H groups in total. The number of alkyl carbamates (subject to hydrolysis) is 1. The van der Waals surface area contributed by atoms with E-state index in [1.165, 1.54) is 6.92 Å². The summed E-state index contributed by atoms with van der Waals surface area (Å²) in [6, 6.07) is 0. The first-order chi connectivity index (χ1) is 6.10. The molecule has 0 aliphatic carbocycles. The minimum Gasteiger partial charge on any atom is -0.450 e. The van der Waals surface area contributed by atoms with Gasteiger partial charge in [-0.15, -0.1) is 0 Å². The Morgan fingerprint density at radius 3 is 2.69 bits per heavy atom. The van der Waals surface area contributed by atoms with Crippen LogP contribution in [0.2, 0.25) is 0 Å². The third kappa shape index (κ3) is 5.72. The molecule has 0 rings (SSSR count). The van der Waals surface area contributed by atoms with E-state index in [2.05, 4.69) is 21.4 Å². The summed E-state index contributed by atoms with van der Waals surface area (Å²) in [7, 11) is 0. The van der Waals surface area contributed by atoms with E-state index >= 15 is 0 Å². The molecule has 0 saturated carbocycles. The normalized spacial score (nSPS) is 11.2. The molecule has 13 heavy (non-hydrogen) atoms. The second kappa shape index (κ2) is 6.05. The van der Waals surface area contributed by atoms with E-state index in [1.807, 2.05) is 0 Å². The second-order valence-electron chi connectivity index (χ2n) is 2.15. The van der Waals surface area contributed by atoms with E-state index in [9.17, 15) is 9.59 Å². The molecule has 0 radical (unpaired) electrons. The molecule has 1 amide bonds. The number of carbonyl (C=O) groups is 2. The highest BCUT2D eigenvalue weighted by atomic mass is 16.6. The predicted octanol–water partition coefficient (Wildman–Crippen LogP) is 0.808. The van der Waals surface area contributed by atoms with Crippen LogP contribution >= 0.6 is 0 Å². The Hall–Kier alpha value is -1.52. The largest absolute Gasteiger partial charge is 0.450 e. The Morgan fingerprint density at radius 2 is 2.23 bits per heavy atom. The Kier molecular flexibility index (Phi) is 5.34. The van der Waals surface area contributed by atoms with Gasteiger partial charge in [-0.3, -0.25) is 5.32 Å². The average molecular weight is 187 g/mol. The second-order valence-corrected chi connectivity index (χ2v) is 2.15. The van der Waals surface area contributed by atoms with Gasteiger partial charge < -0.3 is 9.47 Å². The van der Waals surface area contributed by atoms with E-state index < -0.39 is 18.3 Å². The summed E-state index contributed by atoms with van der Waals surface area (Å²) >= 11 is 0. The number of carbonyl (C=O) groups excluding carboxylic acids is 2. The number of amides is 1. The van der Waals surface area contributed by atoms with Gasteiger partial charge in [-0.1, -0.05) is 6.58 Å². The molecule has 1 unspecified atom stereocenters. The number of hydrogen-bond acceptors (Lipinski definition) is 4. The molecule has 0 aromatic rings. The molecular weight excluding hydrogens is 174 g/mol. The summed E-state index contributed by atoms with van der Waals surface area (Å²) in [4.78, 5) is 21.4. The van der Waals surface area contributed by atoms with Crippen molar-refractivity contribution in [2.75, 3.05) is 6.61 Å². The molecule has 0 bridgehead atoms. The van der Waals surface area contributed by atoms with Crippen LogP contribution in [0.1, 0.15) is 13.8 Å². The van der Waals surface area contributed by atoms with Crippen molar-refractivity contribution in [2.45, 2.75) is 20.1 Å². The van der Waals surface area contributed by atoms with Crippen LogP contribution in [-0.2, 0) is 14.3 Å². The lowest BCUT2D eigenvalue weighted by Crippen LogP contribution is -2.36. The maximum Gasteiger partial charge on any atom is 0.409 e. The van der Waals surface area contributed by atoms with E-state index in [4.69, 9.17) is 0 Å². The van der Waals surface area contributed by atoms with Gasteiger partial charge in [0.1, 0.15) is 0 Å². The van der Waals surface area contributed by atoms with E-state index in [1.54, 1.807) is 6.92 Å². The van der Waals surface area contributed by atoms with Crippen LogP contribution in [-0.4, -0.2) is 24.9 Å². The van der Waals surface area contributed by atoms with Gasteiger partial charge in [-0.2, -0.15) is 0 Å². The smallest absolute Gasteiger partial charge is 0.409 e. The molecule has 0 aliphatic rings. The van der Waals surface area contributed by atoms with Crippen molar-refractivity contribution in [3.05, 3.63) is 12.7 Å². The van der Waals surface area contributed by atoms with Crippen molar-refractivity contribution >= 4 is 12.1 Å². The van der Waals surface area contributed by atoms with E-state index in [0.29, 0.717) is 0 Å². The van der Waals surface area contributed by atoms with Crippen molar-refractivity contribution in [2.24, 2.45) is 0 Å². The van der Waals surface area contributed by atoms with Crippen LogP contribution in [0.5, 0.6) is 0 Å². The molecule has 0 aromatic heterocycles. The fraction of sp³-hybridized carbons (Fsp3) is 0.500. The Morgan fingerprint density at radius 1 is 1.62 bits per heavy atom. The van der Waals surface area contributed by atoms with Crippen molar-refractivity contribution < 1.29 is 19.1 Å². The Balaban J connectivity index is 3.73. The van der Waals surface area contributed by atoms with Crippen molar-refractivity contribution in [3.8, 4) is 0 Å². The minimum atomic E-state index is -0.718. The average Bonchev–Trinajstić information content (AvgIpc) is 2.04. The molecule has 0 spiro atoms. The lowest BCUT2D eigenvalue weighted by atomic mass is 10.6. The molecular formula is C8H13NO4. The molecule has 5 heteroatoms. The summed E-state index contributed by atoms with van der Waals surface area (Å²) < 4.78 is 9.21. The standard InChI is InChI=1S/C8H13NO4/c1-4-7(10)13-6(3)9-8(11)12-5-2/h4,6H,1,5H2,2-3H3,(H,9,11). The molecule has 5 nitrogen and oxygen atoms in total. The number of hydrogen-bond donors (Lipinski definition) is 1. The minimum absolute atomic E-state index is 0.272. The highest BCUT2D eigenvalue weighted by Gasteiger charge is 2.09. The number of ether oxygens (including phenoxy) is 2. The first-order valence-electron chi connectivity index (χ1n) is 3.86. The summed E-state index contributed by atoms with van der Waals surface area (Å²) in [5, 5.41) is 2.29. The van der Waals surface area contributed by atoms with E-state index in [-0.39, 0.29) is 6.61 Å². The van der Waals surface area contributed by atoms with Gasteiger partial charge in [-0.05, 0) is 13.8 Å². The third-order valence-corrected chi connectivity index (χ3v) is 1.06. The van der Waals surface area contributed by atoms with Gasteiger partial charge in [0.2, 0.25) is 0 Å². The summed E-state index contributed by atoms with van der Waals surface area (Å²) in [6.07, 6.45) is -0.319. The summed E-state index contributed by atoms with van der Waals surface area (Å²) in [5.41, 5.74) is 0. The number of rotatable bonds is 4. The molecule has 0 aromatic carbocycles. The monoisotopic (exact) mass is 187 g/mol. The lowest BCUT2D eigenvalue weighted by Gasteiger charge is -2.12. The fourth-order valence-electron chi connectivity index (χ4n) is 0.591. The van der Waals surface area contributed by atoms with Crippen molar-refractivity contribution in [1.29, 1.82) is 0 Å². The lowest BCUT2D eigenvalue weighted by molar-refractivity contribution is -0.143. The van der Waals surface area contributed by atoms with Gasteiger partial charge in [-0.25, -0.2) is 9.59 Å². The SMILES string of the molecule is C=CC(=O)OC(C)NC(=O)OCC. The summed E-state index contributed by atoms with van der Waals surface area (Å²) in [6.45, 7) is 6.68. The van der Waals surface area contributed by atoms with Crippen LogP contribution in [0.4, 0.5) is 4.79 Å². The predicted molar refractivity (Wildman–Crippen MR) is 45.9 cm³/mol. The first-order valence-corrected chi connectivity index (χ1v) is 3.86. The summed E-state index contributed by atoms with van der Waals surface area (Å²) in [5.74, 6) is -0.593. The van der Waals surface area contributed by atoms with Gasteiger partial charge in [0.15, 0.2) is 6.23 Å².